The van der Waals surface area contributed by atoms with E-state index in [1.807, 2.05) is 0 Å². The second kappa shape index (κ2) is 4.96. The fraction of sp³-hybridized carbons (Fsp3) is 0.200. The summed E-state index contributed by atoms with van der Waals surface area (Å²) in [5.41, 5.74) is 0. The molecule has 0 fully saturated rings. The number of nitrogens with zero attached hydrogens (tertiary/aromatic N) is 3. The van der Waals surface area contributed by atoms with Gasteiger partial charge in [0, 0.05) is 0 Å². The van der Waals surface area contributed by atoms with Crippen LogP contribution in [0.25, 0.3) is 0 Å². The minimum absolute atomic E-state index is 0.179. The number of aromatic carboxylic acids is 1. The summed E-state index contributed by atoms with van der Waals surface area (Å²) in [5, 5.41) is 15.8. The quantitative estimate of drug-likeness (QED) is 0.867. The summed E-state index contributed by atoms with van der Waals surface area (Å²) in [6, 6.07) is 2.49. The summed E-state index contributed by atoms with van der Waals surface area (Å²) in [4.78, 5) is 26.5. The van der Waals surface area contributed by atoms with E-state index in [1.54, 1.807) is 13.0 Å². The van der Waals surface area contributed by atoms with Gasteiger partial charge in [0.2, 0.25) is 5.91 Å². The van der Waals surface area contributed by atoms with Gasteiger partial charge in [0.1, 0.15) is 23.6 Å². The number of anilines is 1. The van der Waals surface area contributed by atoms with Crippen LogP contribution in [0, 0.1) is 0 Å². The average molecular weight is 266 g/mol. The number of carboxylic acid groups (broad SMARTS) is 1. The van der Waals surface area contributed by atoms with Gasteiger partial charge in [-0.2, -0.15) is 5.10 Å². The highest BCUT2D eigenvalue weighted by atomic mass is 32.1. The van der Waals surface area contributed by atoms with Crippen molar-refractivity contribution in [1.29, 1.82) is 0 Å². The molecule has 0 saturated heterocycles. The van der Waals surface area contributed by atoms with Crippen LogP contribution in [0.15, 0.2) is 24.8 Å². The van der Waals surface area contributed by atoms with Gasteiger partial charge in [-0.25, -0.2) is 14.5 Å². The van der Waals surface area contributed by atoms with Crippen molar-refractivity contribution in [2.75, 3.05) is 5.32 Å². The molecular formula is C10H10N4O3S. The molecule has 0 spiro atoms. The maximum Gasteiger partial charge on any atom is 0.345 e. The van der Waals surface area contributed by atoms with E-state index in [2.05, 4.69) is 15.4 Å². The Balaban J connectivity index is 2.04. The molecule has 7 nitrogen and oxygen atoms in total. The van der Waals surface area contributed by atoms with Gasteiger partial charge in [-0.3, -0.25) is 4.79 Å². The number of hydrogen-bond donors (Lipinski definition) is 2. The average Bonchev–Trinajstić information content (AvgIpc) is 2.98. The molecule has 0 aliphatic carbocycles. The molecule has 0 saturated carbocycles. The molecule has 18 heavy (non-hydrogen) atoms. The molecule has 1 unspecified atom stereocenters. The lowest BCUT2D eigenvalue weighted by atomic mass is 10.3. The predicted octanol–water partition coefficient (Wildman–Crippen LogP) is 1.24. The number of rotatable bonds is 4. The zero-order chi connectivity index (χ0) is 13.1. The van der Waals surface area contributed by atoms with Crippen molar-refractivity contribution >= 4 is 28.2 Å². The smallest absolute Gasteiger partial charge is 0.345 e. The molecule has 94 valence electrons. The monoisotopic (exact) mass is 266 g/mol. The van der Waals surface area contributed by atoms with Gasteiger partial charge in [0.05, 0.1) is 5.00 Å². The molecule has 1 amide bonds. The fourth-order valence-corrected chi connectivity index (χ4v) is 2.03. The van der Waals surface area contributed by atoms with Gasteiger partial charge in [-0.15, -0.1) is 11.3 Å². The predicted molar refractivity (Wildman–Crippen MR) is 64.6 cm³/mol. The van der Waals surface area contributed by atoms with Crippen molar-refractivity contribution in [3.8, 4) is 0 Å². The SMILES string of the molecule is CC(C(=O)Nc1ccc(C(=O)O)s1)n1cncn1. The van der Waals surface area contributed by atoms with Crippen LogP contribution in [0.1, 0.15) is 22.6 Å². The summed E-state index contributed by atoms with van der Waals surface area (Å²) in [5.74, 6) is -1.29. The van der Waals surface area contributed by atoms with Crippen LogP contribution in [0.5, 0.6) is 0 Å². The number of carbonyl (C=O) groups excluding carboxylic acids is 1. The van der Waals surface area contributed by atoms with E-state index in [1.165, 1.54) is 23.4 Å². The molecule has 0 aliphatic heterocycles. The zero-order valence-corrected chi connectivity index (χ0v) is 10.2. The summed E-state index contributed by atoms with van der Waals surface area (Å²) in [6.45, 7) is 1.68. The standard InChI is InChI=1S/C10H10N4O3S/c1-6(14-5-11-4-12-14)9(15)13-8-3-2-7(18-8)10(16)17/h2-6H,1H3,(H,13,15)(H,16,17). The molecule has 2 rings (SSSR count). The number of carboxylic acids is 1. The summed E-state index contributed by atoms with van der Waals surface area (Å²) in [6.07, 6.45) is 2.79. The fourth-order valence-electron chi connectivity index (χ4n) is 1.28. The van der Waals surface area contributed by atoms with Gasteiger partial charge >= 0.3 is 5.97 Å². The third-order valence-corrected chi connectivity index (χ3v) is 3.26. The van der Waals surface area contributed by atoms with Crippen molar-refractivity contribution in [1.82, 2.24) is 14.8 Å². The van der Waals surface area contributed by atoms with Crippen LogP contribution < -0.4 is 5.32 Å². The van der Waals surface area contributed by atoms with E-state index in [9.17, 15) is 9.59 Å². The maximum atomic E-state index is 11.8. The Morgan fingerprint density at radius 1 is 1.50 bits per heavy atom. The Kier molecular flexibility index (Phi) is 3.38. The zero-order valence-electron chi connectivity index (χ0n) is 9.40. The van der Waals surface area contributed by atoms with Gasteiger partial charge < -0.3 is 10.4 Å². The van der Waals surface area contributed by atoms with E-state index in [0.717, 1.165) is 11.3 Å². The minimum atomic E-state index is -1.01. The maximum absolute atomic E-state index is 11.8. The van der Waals surface area contributed by atoms with Gasteiger partial charge in [0.15, 0.2) is 0 Å². The van der Waals surface area contributed by atoms with Crippen LogP contribution in [-0.2, 0) is 4.79 Å². The number of nitrogens with one attached hydrogen (secondary N) is 1. The lowest BCUT2D eigenvalue weighted by molar-refractivity contribution is -0.119. The number of amides is 1. The molecule has 8 heteroatoms. The second-order valence-corrected chi connectivity index (χ2v) is 4.59. The largest absolute Gasteiger partial charge is 0.477 e. The first-order chi connectivity index (χ1) is 8.58. The first-order valence-electron chi connectivity index (χ1n) is 5.06. The van der Waals surface area contributed by atoms with Crippen molar-refractivity contribution in [3.05, 3.63) is 29.7 Å². The molecule has 0 radical (unpaired) electrons. The van der Waals surface area contributed by atoms with Crippen molar-refractivity contribution in [3.63, 3.8) is 0 Å². The number of thiophene rings is 1. The lowest BCUT2D eigenvalue weighted by Crippen LogP contribution is -2.23. The summed E-state index contributed by atoms with van der Waals surface area (Å²) < 4.78 is 1.42. The normalized spacial score (nSPS) is 12.1. The molecule has 2 aromatic heterocycles. The first kappa shape index (κ1) is 12.2. The van der Waals surface area contributed by atoms with E-state index in [0.29, 0.717) is 5.00 Å². The Morgan fingerprint density at radius 2 is 2.28 bits per heavy atom. The molecule has 0 aliphatic rings. The third kappa shape index (κ3) is 2.54. The minimum Gasteiger partial charge on any atom is -0.477 e. The number of carbonyl (C=O) groups is 2. The van der Waals surface area contributed by atoms with Gasteiger partial charge in [-0.05, 0) is 19.1 Å². The molecule has 1 atom stereocenters. The molecule has 2 aromatic rings. The molecule has 0 bridgehead atoms. The van der Waals surface area contributed by atoms with Crippen molar-refractivity contribution < 1.29 is 14.7 Å². The number of hydrogen-bond acceptors (Lipinski definition) is 5. The van der Waals surface area contributed by atoms with Crippen LogP contribution in [0.4, 0.5) is 5.00 Å². The van der Waals surface area contributed by atoms with E-state index in [-0.39, 0.29) is 10.8 Å². The van der Waals surface area contributed by atoms with Crippen molar-refractivity contribution in [2.45, 2.75) is 13.0 Å². The second-order valence-electron chi connectivity index (χ2n) is 3.51. The van der Waals surface area contributed by atoms with E-state index >= 15 is 0 Å². The van der Waals surface area contributed by atoms with Gasteiger partial charge in [-0.1, -0.05) is 0 Å². The topological polar surface area (TPSA) is 97.1 Å². The van der Waals surface area contributed by atoms with Crippen LogP contribution in [-0.4, -0.2) is 31.7 Å². The van der Waals surface area contributed by atoms with E-state index in [4.69, 9.17) is 5.11 Å². The van der Waals surface area contributed by atoms with E-state index < -0.39 is 12.0 Å². The molecule has 2 heterocycles. The highest BCUT2D eigenvalue weighted by Crippen LogP contribution is 2.22. The summed E-state index contributed by atoms with van der Waals surface area (Å²) in [7, 11) is 0. The number of aromatic nitrogens is 3. The lowest BCUT2D eigenvalue weighted by Gasteiger charge is -2.10. The Labute approximate surface area is 106 Å². The molecule has 2 N–H and O–H groups in total. The van der Waals surface area contributed by atoms with Crippen LogP contribution >= 0.6 is 11.3 Å². The van der Waals surface area contributed by atoms with Crippen molar-refractivity contribution in [2.24, 2.45) is 0 Å². The first-order valence-corrected chi connectivity index (χ1v) is 5.87. The molecular weight excluding hydrogens is 256 g/mol. The summed E-state index contributed by atoms with van der Waals surface area (Å²) >= 11 is 1.01. The van der Waals surface area contributed by atoms with Crippen LogP contribution in [0.3, 0.4) is 0 Å². The van der Waals surface area contributed by atoms with Crippen LogP contribution in [0.2, 0.25) is 0 Å². The van der Waals surface area contributed by atoms with Gasteiger partial charge in [0.25, 0.3) is 0 Å². The highest BCUT2D eigenvalue weighted by Gasteiger charge is 2.17. The Hall–Kier alpha value is -2.22. The Bertz CT molecular complexity index is 563. The highest BCUT2D eigenvalue weighted by molar-refractivity contribution is 7.18. The Morgan fingerprint density at radius 3 is 2.83 bits per heavy atom. The third-order valence-electron chi connectivity index (χ3n) is 2.28. The molecule has 0 aromatic carbocycles.